The van der Waals surface area contributed by atoms with Crippen molar-refractivity contribution in [2.75, 3.05) is 6.61 Å². The van der Waals surface area contributed by atoms with Crippen LogP contribution in [0.25, 0.3) is 0 Å². The van der Waals surface area contributed by atoms with E-state index >= 15 is 0 Å². The third-order valence-electron chi connectivity index (χ3n) is 13.6. The minimum Gasteiger partial charge on any atom is -0.393 e. The average molecular weight is 443 g/mol. The van der Waals surface area contributed by atoms with Crippen LogP contribution in [0.4, 0.5) is 0 Å². The van der Waals surface area contributed by atoms with E-state index in [0.29, 0.717) is 39.4 Å². The Morgan fingerprint density at radius 1 is 0.781 bits per heavy atom. The van der Waals surface area contributed by atoms with E-state index in [0.717, 1.165) is 23.8 Å². The van der Waals surface area contributed by atoms with Gasteiger partial charge in [-0.1, -0.05) is 48.1 Å². The topological polar surface area (TPSA) is 40.5 Å². The summed E-state index contributed by atoms with van der Waals surface area (Å²) in [6, 6.07) is 0. The first-order valence-corrected chi connectivity index (χ1v) is 13.8. The lowest BCUT2D eigenvalue weighted by molar-refractivity contribution is -0.246. The van der Waals surface area contributed by atoms with Crippen molar-refractivity contribution in [1.29, 1.82) is 0 Å². The van der Waals surface area contributed by atoms with Crippen LogP contribution < -0.4 is 0 Å². The molecule has 32 heavy (non-hydrogen) atoms. The van der Waals surface area contributed by atoms with Crippen LogP contribution >= 0.6 is 0 Å². The van der Waals surface area contributed by atoms with Crippen LogP contribution in [-0.4, -0.2) is 22.9 Å². The molecule has 0 heterocycles. The van der Waals surface area contributed by atoms with Crippen LogP contribution in [0.5, 0.6) is 0 Å². The Kier molecular flexibility index (Phi) is 5.19. The van der Waals surface area contributed by atoms with Crippen LogP contribution in [0, 0.1) is 56.7 Å². The summed E-state index contributed by atoms with van der Waals surface area (Å²) >= 11 is 0. The molecule has 0 saturated heterocycles. The summed E-state index contributed by atoms with van der Waals surface area (Å²) < 4.78 is 0. The van der Waals surface area contributed by atoms with Crippen molar-refractivity contribution < 1.29 is 10.2 Å². The molecule has 0 bridgehead atoms. The van der Waals surface area contributed by atoms with Crippen molar-refractivity contribution in [2.24, 2.45) is 56.7 Å². The Hall–Kier alpha value is -0.340. The molecule has 2 N–H and O–H groups in total. The van der Waals surface area contributed by atoms with Gasteiger partial charge in [0.1, 0.15) is 0 Å². The van der Waals surface area contributed by atoms with E-state index in [9.17, 15) is 10.2 Å². The van der Waals surface area contributed by atoms with E-state index in [1.165, 1.54) is 57.8 Å². The standard InChI is InChI=1S/C30H50O2/c1-19(18-31)20-10-13-27(4)16-17-29(6)21(25(20)27)8-9-23-28(5)14-12-24(32)26(2,3)22(28)11-15-30(23,29)7/h20-25,31-32H,1,8-18H2,2-7H3/t20-,21?,22?,23+,24-,25?,27+,28-,29+,30+/m0/s1. The summed E-state index contributed by atoms with van der Waals surface area (Å²) in [6.45, 7) is 19.8. The Bertz CT molecular complexity index is 786. The van der Waals surface area contributed by atoms with Crippen molar-refractivity contribution >= 4 is 0 Å². The molecule has 0 aromatic heterocycles. The predicted octanol–water partition coefficient (Wildman–Crippen LogP) is 7.00. The fraction of sp³-hybridized carbons (Fsp3) is 0.933. The van der Waals surface area contributed by atoms with Gasteiger partial charge in [-0.05, 0) is 126 Å². The van der Waals surface area contributed by atoms with E-state index in [1.807, 2.05) is 0 Å². The molecule has 0 aromatic rings. The molecule has 0 aliphatic heterocycles. The molecule has 10 atom stereocenters. The first-order chi connectivity index (χ1) is 14.8. The number of rotatable bonds is 2. The maximum Gasteiger partial charge on any atom is 0.0641 e. The third-order valence-corrected chi connectivity index (χ3v) is 13.6. The highest BCUT2D eigenvalue weighted by molar-refractivity contribution is 5.21. The summed E-state index contributed by atoms with van der Waals surface area (Å²) in [7, 11) is 0. The molecule has 3 unspecified atom stereocenters. The predicted molar refractivity (Wildman–Crippen MR) is 132 cm³/mol. The first kappa shape index (κ1) is 23.4. The van der Waals surface area contributed by atoms with E-state index in [2.05, 4.69) is 48.1 Å². The highest BCUT2D eigenvalue weighted by Crippen LogP contribution is 2.77. The molecular formula is C30H50O2. The number of fused-ring (bicyclic) bond motifs is 7. The molecule has 182 valence electrons. The zero-order valence-electron chi connectivity index (χ0n) is 21.8. The number of aliphatic hydroxyl groups excluding tert-OH is 2. The van der Waals surface area contributed by atoms with Gasteiger partial charge in [-0.15, -0.1) is 0 Å². The molecule has 5 rings (SSSR count). The Labute approximate surface area is 197 Å². The summed E-state index contributed by atoms with van der Waals surface area (Å²) in [5, 5.41) is 20.9. The monoisotopic (exact) mass is 442 g/mol. The van der Waals surface area contributed by atoms with Crippen LogP contribution in [0.2, 0.25) is 0 Å². The molecule has 0 amide bonds. The molecule has 5 saturated carbocycles. The van der Waals surface area contributed by atoms with Crippen molar-refractivity contribution in [1.82, 2.24) is 0 Å². The van der Waals surface area contributed by atoms with Crippen LogP contribution in [-0.2, 0) is 0 Å². The van der Waals surface area contributed by atoms with Gasteiger partial charge >= 0.3 is 0 Å². The van der Waals surface area contributed by atoms with Crippen LogP contribution in [0.3, 0.4) is 0 Å². The zero-order chi connectivity index (χ0) is 23.3. The van der Waals surface area contributed by atoms with Gasteiger partial charge in [-0.25, -0.2) is 0 Å². The van der Waals surface area contributed by atoms with Crippen molar-refractivity contribution in [3.63, 3.8) is 0 Å². The van der Waals surface area contributed by atoms with Gasteiger partial charge in [-0.2, -0.15) is 0 Å². The lowest BCUT2D eigenvalue weighted by atomic mass is 9.32. The minimum atomic E-state index is -0.143. The Balaban J connectivity index is 1.53. The molecular weight excluding hydrogens is 392 g/mol. The largest absolute Gasteiger partial charge is 0.393 e. The maximum absolute atomic E-state index is 10.9. The second-order valence-corrected chi connectivity index (χ2v) is 14.7. The highest BCUT2D eigenvalue weighted by Gasteiger charge is 2.70. The Morgan fingerprint density at radius 2 is 1.50 bits per heavy atom. The molecule has 0 radical (unpaired) electrons. The minimum absolute atomic E-state index is 0.0344. The van der Waals surface area contributed by atoms with Gasteiger partial charge in [-0.3, -0.25) is 0 Å². The number of hydrogen-bond donors (Lipinski definition) is 2. The highest BCUT2D eigenvalue weighted by atomic mass is 16.3. The van der Waals surface area contributed by atoms with E-state index in [4.69, 9.17) is 0 Å². The first-order valence-electron chi connectivity index (χ1n) is 13.8. The molecule has 2 heteroatoms. The van der Waals surface area contributed by atoms with E-state index in [1.54, 1.807) is 0 Å². The summed E-state index contributed by atoms with van der Waals surface area (Å²) in [4.78, 5) is 0. The van der Waals surface area contributed by atoms with Gasteiger partial charge in [0.05, 0.1) is 12.7 Å². The van der Waals surface area contributed by atoms with Gasteiger partial charge < -0.3 is 10.2 Å². The van der Waals surface area contributed by atoms with E-state index < -0.39 is 0 Å². The summed E-state index contributed by atoms with van der Waals surface area (Å²) in [6.07, 6.45) is 12.7. The van der Waals surface area contributed by atoms with Crippen molar-refractivity contribution in [3.05, 3.63) is 12.2 Å². The van der Waals surface area contributed by atoms with Crippen molar-refractivity contribution in [3.8, 4) is 0 Å². The lowest BCUT2D eigenvalue weighted by Crippen LogP contribution is -2.66. The normalized spacial score (nSPS) is 56.5. The number of hydrogen-bond acceptors (Lipinski definition) is 2. The summed E-state index contributed by atoms with van der Waals surface area (Å²) in [5.41, 5.74) is 2.70. The molecule has 0 aromatic carbocycles. The third kappa shape index (κ3) is 2.72. The van der Waals surface area contributed by atoms with Crippen molar-refractivity contribution in [2.45, 2.75) is 112 Å². The van der Waals surface area contributed by atoms with Gasteiger partial charge in [0, 0.05) is 0 Å². The second-order valence-electron chi connectivity index (χ2n) is 14.7. The van der Waals surface area contributed by atoms with Gasteiger partial charge in [0.15, 0.2) is 0 Å². The smallest absolute Gasteiger partial charge is 0.0641 e. The molecule has 0 spiro atoms. The molecule has 2 nitrogen and oxygen atoms in total. The molecule has 5 fully saturated rings. The van der Waals surface area contributed by atoms with Crippen LogP contribution in [0.15, 0.2) is 12.2 Å². The second kappa shape index (κ2) is 7.09. The van der Waals surface area contributed by atoms with Crippen LogP contribution in [0.1, 0.15) is 106 Å². The SMILES string of the molecule is C=C(CO)[C@@H]1CC[C@]2(C)CC[C@]3(C)C(CC[C@@H]4[C@@]5(C)CC[C@H](O)C(C)(C)C5CC[C@]43C)C12. The average Bonchev–Trinajstić information content (AvgIpc) is 3.09. The quantitative estimate of drug-likeness (QED) is 0.452. The van der Waals surface area contributed by atoms with Gasteiger partial charge in [0.2, 0.25) is 0 Å². The molecule has 5 aliphatic carbocycles. The Morgan fingerprint density at radius 3 is 2.19 bits per heavy atom. The lowest BCUT2D eigenvalue weighted by Gasteiger charge is -2.73. The van der Waals surface area contributed by atoms with E-state index in [-0.39, 0.29) is 18.1 Å². The maximum atomic E-state index is 10.9. The molecule has 5 aliphatic rings. The fourth-order valence-corrected chi connectivity index (χ4v) is 11.5. The van der Waals surface area contributed by atoms with Gasteiger partial charge in [0.25, 0.3) is 0 Å². The summed E-state index contributed by atoms with van der Waals surface area (Å²) in [5.74, 6) is 3.39. The fourth-order valence-electron chi connectivity index (χ4n) is 11.5. The zero-order valence-corrected chi connectivity index (χ0v) is 21.8. The number of aliphatic hydroxyl groups is 2.